The standard InChI is InChI=1S/C26H26N4O3/c1-5-8-22(31)17-11-16(12-18(13-17)26(32)30(2)3)19-14-21-24(28-29-25(21)27-15-19)20-9-6-7-10-23(20)33-4/h6-7,9-15H,5,8H2,1-4H3,(H,27,28,29). The number of aromatic amines is 1. The van der Waals surface area contributed by atoms with Gasteiger partial charge < -0.3 is 9.64 Å². The van der Waals surface area contributed by atoms with E-state index in [0.29, 0.717) is 23.2 Å². The predicted molar refractivity (Wildman–Crippen MR) is 129 cm³/mol. The molecule has 4 aromatic rings. The first-order valence-electron chi connectivity index (χ1n) is 10.8. The molecule has 0 aliphatic rings. The van der Waals surface area contributed by atoms with Crippen molar-refractivity contribution in [2.45, 2.75) is 19.8 Å². The number of methoxy groups -OCH3 is 1. The van der Waals surface area contributed by atoms with Gasteiger partial charge in [0, 0.05) is 54.4 Å². The average molecular weight is 443 g/mol. The van der Waals surface area contributed by atoms with E-state index in [1.165, 1.54) is 4.90 Å². The molecule has 2 aromatic carbocycles. The molecule has 168 valence electrons. The number of hydrogen-bond donors (Lipinski definition) is 1. The Bertz CT molecular complexity index is 1340. The van der Waals surface area contributed by atoms with Crippen LogP contribution in [0.25, 0.3) is 33.4 Å². The van der Waals surface area contributed by atoms with Gasteiger partial charge >= 0.3 is 0 Å². The molecule has 4 rings (SSSR count). The van der Waals surface area contributed by atoms with E-state index >= 15 is 0 Å². The molecule has 0 atom stereocenters. The van der Waals surface area contributed by atoms with Crippen LogP contribution in [-0.2, 0) is 0 Å². The van der Waals surface area contributed by atoms with E-state index in [2.05, 4.69) is 15.2 Å². The van der Waals surface area contributed by atoms with E-state index in [0.717, 1.165) is 39.9 Å². The third kappa shape index (κ3) is 4.35. The number of H-pyrrole nitrogens is 1. The number of carbonyl (C=O) groups is 2. The van der Waals surface area contributed by atoms with Gasteiger partial charge in [0.1, 0.15) is 5.75 Å². The van der Waals surface area contributed by atoms with Crippen LogP contribution in [0, 0.1) is 0 Å². The number of nitrogens with zero attached hydrogens (tertiary/aromatic N) is 3. The SMILES string of the molecule is CCCC(=O)c1cc(C(=O)N(C)C)cc(-c2cnc3n[nH]c(-c4ccccc4OC)c3c2)c1. The first kappa shape index (κ1) is 22.2. The Hall–Kier alpha value is -4.00. The highest BCUT2D eigenvalue weighted by molar-refractivity contribution is 6.03. The van der Waals surface area contributed by atoms with E-state index < -0.39 is 0 Å². The van der Waals surface area contributed by atoms with Crippen LogP contribution in [0.4, 0.5) is 0 Å². The topological polar surface area (TPSA) is 88.2 Å². The lowest BCUT2D eigenvalue weighted by atomic mass is 9.96. The highest BCUT2D eigenvalue weighted by atomic mass is 16.5. The summed E-state index contributed by atoms with van der Waals surface area (Å²) >= 11 is 0. The fraction of sp³-hybridized carbons (Fsp3) is 0.231. The van der Waals surface area contributed by atoms with Crippen molar-refractivity contribution < 1.29 is 14.3 Å². The Morgan fingerprint density at radius 1 is 1.03 bits per heavy atom. The largest absolute Gasteiger partial charge is 0.496 e. The smallest absolute Gasteiger partial charge is 0.253 e. The summed E-state index contributed by atoms with van der Waals surface area (Å²) in [6.45, 7) is 1.96. The van der Waals surface area contributed by atoms with E-state index in [1.54, 1.807) is 39.5 Å². The Kier molecular flexibility index (Phi) is 6.22. The molecule has 0 aliphatic heterocycles. The zero-order valence-electron chi connectivity index (χ0n) is 19.2. The van der Waals surface area contributed by atoms with Crippen molar-refractivity contribution in [3.05, 3.63) is 65.9 Å². The number of rotatable bonds is 7. The van der Waals surface area contributed by atoms with Gasteiger partial charge in [0.2, 0.25) is 0 Å². The van der Waals surface area contributed by atoms with Crippen molar-refractivity contribution in [2.24, 2.45) is 0 Å². The van der Waals surface area contributed by atoms with Gasteiger partial charge in [-0.1, -0.05) is 19.1 Å². The molecule has 7 heteroatoms. The van der Waals surface area contributed by atoms with Crippen molar-refractivity contribution in [3.63, 3.8) is 0 Å². The van der Waals surface area contributed by atoms with Crippen LogP contribution in [0.1, 0.15) is 40.5 Å². The van der Waals surface area contributed by atoms with Crippen LogP contribution in [0.3, 0.4) is 0 Å². The average Bonchev–Trinajstić information content (AvgIpc) is 3.26. The summed E-state index contributed by atoms with van der Waals surface area (Å²) in [6.07, 6.45) is 2.88. The lowest BCUT2D eigenvalue weighted by Gasteiger charge is -2.13. The predicted octanol–water partition coefficient (Wildman–Crippen LogP) is 4.99. The summed E-state index contributed by atoms with van der Waals surface area (Å²) in [5.74, 6) is 0.577. The molecule has 1 amide bonds. The fourth-order valence-electron chi connectivity index (χ4n) is 3.82. The number of ketones is 1. The first-order valence-corrected chi connectivity index (χ1v) is 10.8. The van der Waals surface area contributed by atoms with Crippen molar-refractivity contribution >= 4 is 22.7 Å². The van der Waals surface area contributed by atoms with Gasteiger partial charge in [-0.3, -0.25) is 14.7 Å². The third-order valence-electron chi connectivity index (χ3n) is 5.50. The number of Topliss-reactive ketones (excluding diaryl/α,β-unsaturated/α-hetero) is 1. The second kappa shape index (κ2) is 9.24. The van der Waals surface area contributed by atoms with Crippen LogP contribution in [-0.4, -0.2) is 53.0 Å². The molecule has 0 fully saturated rings. The summed E-state index contributed by atoms with van der Waals surface area (Å²) in [6, 6.07) is 15.0. The van der Waals surface area contributed by atoms with Crippen molar-refractivity contribution in [2.75, 3.05) is 21.2 Å². The Morgan fingerprint density at radius 2 is 1.79 bits per heavy atom. The van der Waals surface area contributed by atoms with Gasteiger partial charge in [-0.05, 0) is 48.4 Å². The number of nitrogens with one attached hydrogen (secondary N) is 1. The maximum Gasteiger partial charge on any atom is 0.253 e. The molecule has 2 heterocycles. The van der Waals surface area contributed by atoms with Gasteiger partial charge in [-0.15, -0.1) is 0 Å². The van der Waals surface area contributed by atoms with Gasteiger partial charge in [0.05, 0.1) is 12.8 Å². The normalized spacial score (nSPS) is 10.9. The minimum atomic E-state index is -0.158. The number of ether oxygens (including phenoxy) is 1. The van der Waals surface area contributed by atoms with E-state index in [9.17, 15) is 9.59 Å². The summed E-state index contributed by atoms with van der Waals surface area (Å²) in [4.78, 5) is 31.4. The van der Waals surface area contributed by atoms with Crippen LogP contribution < -0.4 is 4.74 Å². The summed E-state index contributed by atoms with van der Waals surface area (Å²) in [5.41, 5.74) is 4.77. The van der Waals surface area contributed by atoms with Crippen LogP contribution in [0.2, 0.25) is 0 Å². The maximum atomic E-state index is 12.7. The summed E-state index contributed by atoms with van der Waals surface area (Å²) in [5, 5.41) is 8.23. The second-order valence-electron chi connectivity index (χ2n) is 8.07. The van der Waals surface area contributed by atoms with Crippen molar-refractivity contribution in [1.82, 2.24) is 20.1 Å². The minimum absolute atomic E-state index is 0.0132. The van der Waals surface area contributed by atoms with Gasteiger partial charge in [-0.2, -0.15) is 5.10 Å². The zero-order valence-corrected chi connectivity index (χ0v) is 19.2. The van der Waals surface area contributed by atoms with E-state index in [4.69, 9.17) is 4.74 Å². The molecule has 0 saturated carbocycles. The van der Waals surface area contributed by atoms with Crippen LogP contribution >= 0.6 is 0 Å². The molecule has 2 aromatic heterocycles. The lowest BCUT2D eigenvalue weighted by molar-refractivity contribution is 0.0827. The number of para-hydroxylation sites is 1. The molecule has 0 saturated heterocycles. The van der Waals surface area contributed by atoms with Gasteiger partial charge in [-0.25, -0.2) is 4.98 Å². The number of benzene rings is 2. The fourth-order valence-corrected chi connectivity index (χ4v) is 3.82. The number of hydrogen-bond acceptors (Lipinski definition) is 5. The quantitative estimate of drug-likeness (QED) is 0.408. The molecule has 0 spiro atoms. The second-order valence-corrected chi connectivity index (χ2v) is 8.07. The van der Waals surface area contributed by atoms with E-state index in [1.807, 2.05) is 43.3 Å². The molecule has 0 unspecified atom stereocenters. The molecular formula is C26H26N4O3. The number of amides is 1. The monoisotopic (exact) mass is 442 g/mol. The zero-order chi connectivity index (χ0) is 23.5. The molecular weight excluding hydrogens is 416 g/mol. The Labute approximate surface area is 192 Å². The van der Waals surface area contributed by atoms with E-state index in [-0.39, 0.29) is 11.7 Å². The third-order valence-corrected chi connectivity index (χ3v) is 5.50. The Morgan fingerprint density at radius 3 is 2.52 bits per heavy atom. The molecule has 0 aliphatic carbocycles. The summed E-state index contributed by atoms with van der Waals surface area (Å²) in [7, 11) is 5.02. The van der Waals surface area contributed by atoms with Crippen LogP contribution in [0.15, 0.2) is 54.7 Å². The molecule has 1 N–H and O–H groups in total. The maximum absolute atomic E-state index is 12.7. The molecule has 0 radical (unpaired) electrons. The first-order chi connectivity index (χ1) is 15.9. The van der Waals surface area contributed by atoms with Crippen LogP contribution in [0.5, 0.6) is 5.75 Å². The lowest BCUT2D eigenvalue weighted by Crippen LogP contribution is -2.22. The molecule has 7 nitrogen and oxygen atoms in total. The molecule has 33 heavy (non-hydrogen) atoms. The highest BCUT2D eigenvalue weighted by Crippen LogP contribution is 2.34. The highest BCUT2D eigenvalue weighted by Gasteiger charge is 2.17. The van der Waals surface area contributed by atoms with Gasteiger partial charge in [0.15, 0.2) is 11.4 Å². The van der Waals surface area contributed by atoms with Crippen molar-refractivity contribution in [1.29, 1.82) is 0 Å². The number of pyridine rings is 1. The number of carbonyl (C=O) groups excluding carboxylic acids is 2. The summed E-state index contributed by atoms with van der Waals surface area (Å²) < 4.78 is 5.51. The number of fused-ring (bicyclic) bond motifs is 1. The van der Waals surface area contributed by atoms with Gasteiger partial charge in [0.25, 0.3) is 5.91 Å². The minimum Gasteiger partial charge on any atom is -0.496 e. The van der Waals surface area contributed by atoms with Crippen molar-refractivity contribution in [3.8, 4) is 28.1 Å². The number of aromatic nitrogens is 3. The molecule has 0 bridgehead atoms. The Balaban J connectivity index is 1.88.